The molecular formula is C22H27N3O3. The van der Waals surface area contributed by atoms with Gasteiger partial charge in [0.1, 0.15) is 6.10 Å². The van der Waals surface area contributed by atoms with Crippen LogP contribution in [0, 0.1) is 13.8 Å². The molecule has 6 nitrogen and oxygen atoms in total. The molecule has 0 spiro atoms. The molecule has 1 aliphatic heterocycles. The summed E-state index contributed by atoms with van der Waals surface area (Å²) in [5, 5.41) is 0. The highest BCUT2D eigenvalue weighted by Gasteiger charge is 2.25. The third-order valence-electron chi connectivity index (χ3n) is 4.87. The molecule has 148 valence electrons. The number of pyridine rings is 1. The Labute approximate surface area is 166 Å². The molecule has 28 heavy (non-hydrogen) atoms. The van der Waals surface area contributed by atoms with Crippen LogP contribution in [0.1, 0.15) is 44.7 Å². The first-order valence-electron chi connectivity index (χ1n) is 9.55. The van der Waals surface area contributed by atoms with Crippen molar-refractivity contribution >= 4 is 11.8 Å². The van der Waals surface area contributed by atoms with Crippen LogP contribution in [-0.4, -0.2) is 59.9 Å². The number of hydrogen-bond acceptors (Lipinski definition) is 4. The van der Waals surface area contributed by atoms with Gasteiger partial charge in [0.2, 0.25) is 5.88 Å². The summed E-state index contributed by atoms with van der Waals surface area (Å²) >= 11 is 0. The van der Waals surface area contributed by atoms with E-state index in [-0.39, 0.29) is 17.9 Å². The Morgan fingerprint density at radius 2 is 1.68 bits per heavy atom. The summed E-state index contributed by atoms with van der Waals surface area (Å²) < 4.78 is 5.95. The number of piperidine rings is 1. The number of aryl methyl sites for hydroxylation is 2. The molecule has 1 saturated heterocycles. The minimum Gasteiger partial charge on any atom is -0.474 e. The van der Waals surface area contributed by atoms with E-state index in [1.165, 1.54) is 11.1 Å². The number of carbonyl (C=O) groups excluding carboxylic acids is 2. The minimum atomic E-state index is -0.0859. The number of amides is 2. The first-order valence-corrected chi connectivity index (χ1v) is 9.55. The molecule has 0 N–H and O–H groups in total. The Hall–Kier alpha value is -2.89. The number of likely N-dealkylation sites (tertiary alicyclic amines) is 1. The summed E-state index contributed by atoms with van der Waals surface area (Å²) in [5.41, 5.74) is 3.48. The van der Waals surface area contributed by atoms with Gasteiger partial charge in [-0.2, -0.15) is 0 Å². The van der Waals surface area contributed by atoms with E-state index in [0.717, 1.165) is 29.5 Å². The maximum absolute atomic E-state index is 12.8. The third kappa shape index (κ3) is 4.68. The van der Waals surface area contributed by atoms with Gasteiger partial charge in [0, 0.05) is 57.9 Å². The van der Waals surface area contributed by atoms with E-state index in [2.05, 4.69) is 11.1 Å². The first-order chi connectivity index (χ1) is 13.3. The van der Waals surface area contributed by atoms with E-state index in [1.54, 1.807) is 26.2 Å². The molecule has 2 amide bonds. The molecule has 0 bridgehead atoms. The van der Waals surface area contributed by atoms with Gasteiger partial charge in [0.05, 0.1) is 5.56 Å². The average Bonchev–Trinajstić information content (AvgIpc) is 2.67. The monoisotopic (exact) mass is 381 g/mol. The van der Waals surface area contributed by atoms with Crippen LogP contribution in [0.4, 0.5) is 0 Å². The fraction of sp³-hybridized carbons (Fsp3) is 0.409. The largest absolute Gasteiger partial charge is 0.474 e. The van der Waals surface area contributed by atoms with Crippen molar-refractivity contribution < 1.29 is 14.3 Å². The Kier molecular flexibility index (Phi) is 5.97. The van der Waals surface area contributed by atoms with Gasteiger partial charge in [0.25, 0.3) is 11.8 Å². The third-order valence-corrected chi connectivity index (χ3v) is 4.87. The second-order valence-corrected chi connectivity index (χ2v) is 7.57. The maximum Gasteiger partial charge on any atom is 0.254 e. The Morgan fingerprint density at radius 1 is 1.04 bits per heavy atom. The van der Waals surface area contributed by atoms with E-state index in [0.29, 0.717) is 24.5 Å². The molecule has 0 radical (unpaired) electrons. The number of hydrogen-bond donors (Lipinski definition) is 0. The van der Waals surface area contributed by atoms with E-state index in [9.17, 15) is 9.59 Å². The van der Waals surface area contributed by atoms with Gasteiger partial charge < -0.3 is 14.5 Å². The van der Waals surface area contributed by atoms with Crippen molar-refractivity contribution in [2.24, 2.45) is 0 Å². The van der Waals surface area contributed by atoms with Crippen LogP contribution in [0.25, 0.3) is 0 Å². The Morgan fingerprint density at radius 3 is 2.21 bits per heavy atom. The van der Waals surface area contributed by atoms with Crippen molar-refractivity contribution in [3.63, 3.8) is 0 Å². The van der Waals surface area contributed by atoms with Crippen LogP contribution in [0.3, 0.4) is 0 Å². The zero-order valence-electron chi connectivity index (χ0n) is 16.9. The number of nitrogens with zero attached hydrogens (tertiary/aromatic N) is 3. The van der Waals surface area contributed by atoms with Crippen LogP contribution in [0.15, 0.2) is 36.5 Å². The SMILES string of the molecule is Cc1cc(C)cc(C(=O)N2CCC(Oc3ccc(C(=O)N(C)C)cn3)CC2)c1. The van der Waals surface area contributed by atoms with E-state index in [4.69, 9.17) is 4.74 Å². The smallest absolute Gasteiger partial charge is 0.254 e. The summed E-state index contributed by atoms with van der Waals surface area (Å²) in [5.74, 6) is 0.501. The van der Waals surface area contributed by atoms with Crippen molar-refractivity contribution in [2.75, 3.05) is 27.2 Å². The average molecular weight is 381 g/mol. The first kappa shape index (κ1) is 19.9. The second kappa shape index (κ2) is 8.42. The lowest BCUT2D eigenvalue weighted by molar-refractivity contribution is 0.0587. The van der Waals surface area contributed by atoms with Crippen LogP contribution >= 0.6 is 0 Å². The standard InChI is InChI=1S/C22H27N3O3/c1-15-11-16(2)13-18(12-15)22(27)25-9-7-19(8-10-25)28-20-6-5-17(14-23-20)21(26)24(3)4/h5-6,11-14,19H,7-10H2,1-4H3. The summed E-state index contributed by atoms with van der Waals surface area (Å²) in [6.07, 6.45) is 3.08. The highest BCUT2D eigenvalue weighted by Crippen LogP contribution is 2.20. The lowest BCUT2D eigenvalue weighted by Gasteiger charge is -2.32. The molecule has 6 heteroatoms. The van der Waals surface area contributed by atoms with E-state index >= 15 is 0 Å². The van der Waals surface area contributed by atoms with Gasteiger partial charge in [-0.1, -0.05) is 17.2 Å². The number of aromatic nitrogens is 1. The molecule has 0 aliphatic carbocycles. The van der Waals surface area contributed by atoms with Crippen LogP contribution in [0.5, 0.6) is 5.88 Å². The molecule has 1 aromatic heterocycles. The van der Waals surface area contributed by atoms with Crippen LogP contribution < -0.4 is 4.74 Å². The fourth-order valence-electron chi connectivity index (χ4n) is 3.46. The molecule has 0 saturated carbocycles. The molecule has 2 aromatic rings. The second-order valence-electron chi connectivity index (χ2n) is 7.57. The van der Waals surface area contributed by atoms with Gasteiger partial charge in [-0.15, -0.1) is 0 Å². The zero-order chi connectivity index (χ0) is 20.3. The number of ether oxygens (including phenoxy) is 1. The quantitative estimate of drug-likeness (QED) is 0.817. The Bertz CT molecular complexity index is 834. The summed E-state index contributed by atoms with van der Waals surface area (Å²) in [6, 6.07) is 9.41. The summed E-state index contributed by atoms with van der Waals surface area (Å²) in [7, 11) is 3.42. The minimum absolute atomic E-state index is 0.0196. The normalized spacial score (nSPS) is 14.6. The summed E-state index contributed by atoms with van der Waals surface area (Å²) in [6.45, 7) is 5.34. The van der Waals surface area contributed by atoms with Crippen molar-refractivity contribution in [2.45, 2.75) is 32.8 Å². The van der Waals surface area contributed by atoms with Gasteiger partial charge in [-0.05, 0) is 32.0 Å². The van der Waals surface area contributed by atoms with Crippen molar-refractivity contribution in [1.82, 2.24) is 14.8 Å². The van der Waals surface area contributed by atoms with Crippen molar-refractivity contribution in [3.05, 3.63) is 58.8 Å². The number of rotatable bonds is 4. The molecule has 2 heterocycles. The molecule has 1 aliphatic rings. The highest BCUT2D eigenvalue weighted by atomic mass is 16.5. The van der Waals surface area contributed by atoms with Gasteiger partial charge >= 0.3 is 0 Å². The van der Waals surface area contributed by atoms with Gasteiger partial charge in [-0.25, -0.2) is 4.98 Å². The van der Waals surface area contributed by atoms with Crippen LogP contribution in [-0.2, 0) is 0 Å². The molecule has 1 aromatic carbocycles. The molecular weight excluding hydrogens is 354 g/mol. The maximum atomic E-state index is 12.8. The van der Waals surface area contributed by atoms with E-state index < -0.39 is 0 Å². The van der Waals surface area contributed by atoms with Gasteiger partial charge in [-0.3, -0.25) is 9.59 Å². The summed E-state index contributed by atoms with van der Waals surface area (Å²) in [4.78, 5) is 32.3. The molecule has 3 rings (SSSR count). The molecule has 1 fully saturated rings. The number of carbonyl (C=O) groups is 2. The predicted octanol–water partition coefficient (Wildman–Crippen LogP) is 3.08. The van der Waals surface area contributed by atoms with Crippen molar-refractivity contribution in [1.29, 1.82) is 0 Å². The zero-order valence-corrected chi connectivity index (χ0v) is 16.9. The molecule has 0 unspecified atom stereocenters. The van der Waals surface area contributed by atoms with Crippen molar-refractivity contribution in [3.8, 4) is 5.88 Å². The Balaban J connectivity index is 1.55. The predicted molar refractivity (Wildman–Crippen MR) is 108 cm³/mol. The molecule has 0 atom stereocenters. The topological polar surface area (TPSA) is 62.7 Å². The van der Waals surface area contributed by atoms with Crippen LogP contribution in [0.2, 0.25) is 0 Å². The van der Waals surface area contributed by atoms with Gasteiger partial charge in [0.15, 0.2) is 0 Å². The highest BCUT2D eigenvalue weighted by molar-refractivity contribution is 5.94. The lowest BCUT2D eigenvalue weighted by Crippen LogP contribution is -2.41. The van der Waals surface area contributed by atoms with E-state index in [1.807, 2.05) is 30.9 Å². The fourth-order valence-corrected chi connectivity index (χ4v) is 3.46. The lowest BCUT2D eigenvalue weighted by atomic mass is 10.0. The number of benzene rings is 1.